The van der Waals surface area contributed by atoms with E-state index in [1.165, 1.54) is 0 Å². The Morgan fingerprint density at radius 2 is 1.92 bits per heavy atom. The summed E-state index contributed by atoms with van der Waals surface area (Å²) in [7, 11) is 1.67. The third-order valence-electron chi connectivity index (χ3n) is 4.61. The van der Waals surface area contributed by atoms with Gasteiger partial charge >= 0.3 is 0 Å². The number of ether oxygens (including phenoxy) is 1. The van der Waals surface area contributed by atoms with Gasteiger partial charge in [-0.3, -0.25) is 4.79 Å². The minimum absolute atomic E-state index is 0. The Balaban J connectivity index is 0.00000243. The van der Waals surface area contributed by atoms with Crippen molar-refractivity contribution in [1.29, 1.82) is 0 Å². The SMILES string of the molecule is COc1ccccc1-c1ccc(C(C)NC(=O)C2CC(O)CN2)cc1.Cl. The maximum atomic E-state index is 12.2. The fraction of sp³-hybridized carbons (Fsp3) is 0.350. The van der Waals surface area contributed by atoms with Crippen LogP contribution in [-0.2, 0) is 4.79 Å². The number of halogens is 1. The number of β-amino-alcohol motifs (C(OH)–C–C–N with tert-alkyl or cyclic N) is 1. The number of para-hydroxylation sites is 1. The normalized spacial score (nSPS) is 20.1. The van der Waals surface area contributed by atoms with Crippen LogP contribution in [0.2, 0.25) is 0 Å². The number of aliphatic hydroxyl groups excluding tert-OH is 1. The molecule has 26 heavy (non-hydrogen) atoms. The van der Waals surface area contributed by atoms with Gasteiger partial charge in [-0.15, -0.1) is 12.4 Å². The molecule has 3 rings (SSSR count). The van der Waals surface area contributed by atoms with Crippen LogP contribution in [0.15, 0.2) is 48.5 Å². The van der Waals surface area contributed by atoms with Gasteiger partial charge in [0.25, 0.3) is 0 Å². The van der Waals surface area contributed by atoms with Crippen LogP contribution in [0.4, 0.5) is 0 Å². The number of hydrogen-bond donors (Lipinski definition) is 3. The lowest BCUT2D eigenvalue weighted by molar-refractivity contribution is -0.123. The summed E-state index contributed by atoms with van der Waals surface area (Å²) in [6.45, 7) is 2.43. The van der Waals surface area contributed by atoms with Crippen molar-refractivity contribution in [3.63, 3.8) is 0 Å². The summed E-state index contributed by atoms with van der Waals surface area (Å²) in [5.41, 5.74) is 3.14. The fourth-order valence-corrected chi connectivity index (χ4v) is 3.15. The smallest absolute Gasteiger partial charge is 0.237 e. The van der Waals surface area contributed by atoms with E-state index in [1.807, 2.05) is 55.5 Å². The van der Waals surface area contributed by atoms with E-state index in [0.717, 1.165) is 22.4 Å². The van der Waals surface area contributed by atoms with Gasteiger partial charge < -0.3 is 20.5 Å². The quantitative estimate of drug-likeness (QED) is 0.750. The molecule has 0 saturated carbocycles. The van der Waals surface area contributed by atoms with Crippen LogP contribution in [0.25, 0.3) is 11.1 Å². The van der Waals surface area contributed by atoms with Crippen LogP contribution < -0.4 is 15.4 Å². The molecule has 1 aliphatic heterocycles. The molecule has 3 atom stereocenters. The Kier molecular flexibility index (Phi) is 7.03. The van der Waals surface area contributed by atoms with Crippen molar-refractivity contribution < 1.29 is 14.6 Å². The molecule has 6 heteroatoms. The number of nitrogens with one attached hydrogen (secondary N) is 2. The van der Waals surface area contributed by atoms with E-state index in [0.29, 0.717) is 13.0 Å². The van der Waals surface area contributed by atoms with Crippen molar-refractivity contribution in [1.82, 2.24) is 10.6 Å². The third-order valence-corrected chi connectivity index (χ3v) is 4.61. The highest BCUT2D eigenvalue weighted by molar-refractivity contribution is 5.85. The molecule has 0 aromatic heterocycles. The Hall–Kier alpha value is -2.08. The summed E-state index contributed by atoms with van der Waals surface area (Å²) >= 11 is 0. The van der Waals surface area contributed by atoms with Crippen LogP contribution >= 0.6 is 12.4 Å². The molecule has 1 fully saturated rings. The van der Waals surface area contributed by atoms with Crippen LogP contribution in [0.1, 0.15) is 24.9 Å². The van der Waals surface area contributed by atoms with E-state index >= 15 is 0 Å². The zero-order valence-electron chi connectivity index (χ0n) is 14.9. The summed E-state index contributed by atoms with van der Waals surface area (Å²) in [4.78, 5) is 12.2. The molecule has 5 nitrogen and oxygen atoms in total. The minimum Gasteiger partial charge on any atom is -0.496 e. The molecule has 2 aromatic rings. The summed E-state index contributed by atoms with van der Waals surface area (Å²) in [5, 5.41) is 15.6. The maximum absolute atomic E-state index is 12.2. The van der Waals surface area contributed by atoms with Crippen molar-refractivity contribution in [2.75, 3.05) is 13.7 Å². The van der Waals surface area contributed by atoms with E-state index in [4.69, 9.17) is 4.74 Å². The second kappa shape index (κ2) is 9.03. The lowest BCUT2D eigenvalue weighted by Gasteiger charge is -2.18. The van der Waals surface area contributed by atoms with Gasteiger partial charge in [-0.1, -0.05) is 42.5 Å². The second-order valence-corrected chi connectivity index (χ2v) is 6.40. The topological polar surface area (TPSA) is 70.6 Å². The fourth-order valence-electron chi connectivity index (χ4n) is 3.15. The Morgan fingerprint density at radius 3 is 2.54 bits per heavy atom. The molecule has 140 valence electrons. The number of benzene rings is 2. The van der Waals surface area contributed by atoms with Gasteiger partial charge in [0.2, 0.25) is 5.91 Å². The van der Waals surface area contributed by atoms with Crippen molar-refractivity contribution in [3.05, 3.63) is 54.1 Å². The van der Waals surface area contributed by atoms with Crippen molar-refractivity contribution in [2.45, 2.75) is 31.5 Å². The summed E-state index contributed by atoms with van der Waals surface area (Å²) in [5.74, 6) is 0.764. The average molecular weight is 377 g/mol. The zero-order chi connectivity index (χ0) is 17.8. The van der Waals surface area contributed by atoms with Gasteiger partial charge in [0.15, 0.2) is 0 Å². The number of hydrogen-bond acceptors (Lipinski definition) is 4. The second-order valence-electron chi connectivity index (χ2n) is 6.40. The molecule has 1 amide bonds. The molecule has 0 bridgehead atoms. The Bertz CT molecular complexity index is 736. The highest BCUT2D eigenvalue weighted by Gasteiger charge is 2.28. The molecular weight excluding hydrogens is 352 g/mol. The Morgan fingerprint density at radius 1 is 1.23 bits per heavy atom. The van der Waals surface area contributed by atoms with Gasteiger partial charge in [0.05, 0.1) is 25.3 Å². The van der Waals surface area contributed by atoms with Gasteiger partial charge in [-0.05, 0) is 30.5 Å². The van der Waals surface area contributed by atoms with Crippen LogP contribution in [0, 0.1) is 0 Å². The number of aliphatic hydroxyl groups is 1. The molecule has 1 saturated heterocycles. The molecule has 3 unspecified atom stereocenters. The van der Waals surface area contributed by atoms with E-state index in [1.54, 1.807) is 7.11 Å². The lowest BCUT2D eigenvalue weighted by atomic mass is 10.0. The summed E-state index contributed by atoms with van der Waals surface area (Å²) in [6, 6.07) is 15.6. The molecule has 0 radical (unpaired) electrons. The lowest BCUT2D eigenvalue weighted by Crippen LogP contribution is -2.41. The highest BCUT2D eigenvalue weighted by Crippen LogP contribution is 2.30. The molecule has 0 aliphatic carbocycles. The maximum Gasteiger partial charge on any atom is 0.237 e. The van der Waals surface area contributed by atoms with Gasteiger partial charge in [-0.25, -0.2) is 0 Å². The molecule has 1 heterocycles. The number of amides is 1. The zero-order valence-corrected chi connectivity index (χ0v) is 15.8. The summed E-state index contributed by atoms with van der Waals surface area (Å²) in [6.07, 6.45) is 0.0249. The highest BCUT2D eigenvalue weighted by atomic mass is 35.5. The predicted molar refractivity (Wildman–Crippen MR) is 105 cm³/mol. The first-order valence-corrected chi connectivity index (χ1v) is 8.53. The number of carbonyl (C=O) groups is 1. The Labute approximate surface area is 160 Å². The standard InChI is InChI=1S/C20H24N2O3.ClH/c1-13(22-20(24)18-11-16(23)12-21-18)14-7-9-15(10-8-14)17-5-3-4-6-19(17)25-2;/h3-10,13,16,18,21,23H,11-12H2,1-2H3,(H,22,24);1H. The van der Waals surface area contributed by atoms with Gasteiger partial charge in [-0.2, -0.15) is 0 Å². The molecule has 2 aromatic carbocycles. The van der Waals surface area contributed by atoms with E-state index in [9.17, 15) is 9.90 Å². The molecule has 3 N–H and O–H groups in total. The average Bonchev–Trinajstić information content (AvgIpc) is 3.08. The first-order valence-electron chi connectivity index (χ1n) is 8.53. The predicted octanol–water partition coefficient (Wildman–Crippen LogP) is 2.68. The van der Waals surface area contributed by atoms with Crippen molar-refractivity contribution in [2.24, 2.45) is 0 Å². The van der Waals surface area contributed by atoms with E-state index in [-0.39, 0.29) is 30.4 Å². The third kappa shape index (κ3) is 4.55. The summed E-state index contributed by atoms with van der Waals surface area (Å²) < 4.78 is 5.41. The number of carbonyl (C=O) groups excluding carboxylic acids is 1. The van der Waals surface area contributed by atoms with Crippen LogP contribution in [0.3, 0.4) is 0 Å². The first-order chi connectivity index (χ1) is 12.1. The molecule has 0 spiro atoms. The van der Waals surface area contributed by atoms with Crippen LogP contribution in [-0.4, -0.2) is 36.8 Å². The monoisotopic (exact) mass is 376 g/mol. The number of methoxy groups -OCH3 is 1. The van der Waals surface area contributed by atoms with Crippen molar-refractivity contribution in [3.8, 4) is 16.9 Å². The molecular formula is C20H25ClN2O3. The molecule has 1 aliphatic rings. The largest absolute Gasteiger partial charge is 0.496 e. The van der Waals surface area contributed by atoms with E-state index < -0.39 is 6.10 Å². The van der Waals surface area contributed by atoms with Gasteiger partial charge in [0, 0.05) is 12.1 Å². The van der Waals surface area contributed by atoms with E-state index in [2.05, 4.69) is 10.6 Å². The minimum atomic E-state index is -0.439. The van der Waals surface area contributed by atoms with Crippen molar-refractivity contribution >= 4 is 18.3 Å². The van der Waals surface area contributed by atoms with Gasteiger partial charge in [0.1, 0.15) is 5.75 Å². The number of rotatable bonds is 5. The van der Waals surface area contributed by atoms with Crippen LogP contribution in [0.5, 0.6) is 5.75 Å². The first kappa shape index (κ1) is 20.2.